The van der Waals surface area contributed by atoms with Crippen LogP contribution in [0.1, 0.15) is 18.4 Å². The minimum atomic E-state index is -4.53. The molecule has 2 N–H and O–H groups in total. The lowest BCUT2D eigenvalue weighted by Crippen LogP contribution is -2.31. The van der Waals surface area contributed by atoms with Gasteiger partial charge in [-0.15, -0.1) is 24.8 Å². The van der Waals surface area contributed by atoms with Crippen LogP contribution in [0.5, 0.6) is 0 Å². The van der Waals surface area contributed by atoms with Crippen molar-refractivity contribution in [2.45, 2.75) is 19.0 Å². The molecule has 1 aromatic rings. The third-order valence-electron chi connectivity index (χ3n) is 3.69. The van der Waals surface area contributed by atoms with Gasteiger partial charge in [-0.2, -0.15) is 13.2 Å². The van der Waals surface area contributed by atoms with Crippen molar-refractivity contribution in [3.05, 3.63) is 22.8 Å². The fourth-order valence-corrected chi connectivity index (χ4v) is 2.59. The second-order valence-corrected chi connectivity index (χ2v) is 5.80. The van der Waals surface area contributed by atoms with Crippen LogP contribution >= 0.6 is 36.4 Å². The number of nitrogens with one attached hydrogen (secondary N) is 1. The molecule has 1 saturated heterocycles. The van der Waals surface area contributed by atoms with E-state index in [1.165, 1.54) is 4.90 Å². The Bertz CT molecular complexity index is 647. The molecule has 0 aromatic carbocycles. The first-order valence-corrected chi connectivity index (χ1v) is 7.53. The van der Waals surface area contributed by atoms with Gasteiger partial charge >= 0.3 is 12.1 Å². The van der Waals surface area contributed by atoms with Crippen LogP contribution in [0.2, 0.25) is 5.02 Å². The van der Waals surface area contributed by atoms with E-state index < -0.39 is 23.6 Å². The van der Waals surface area contributed by atoms with Crippen LogP contribution in [0.25, 0.3) is 0 Å². The molecule has 0 bridgehead atoms. The van der Waals surface area contributed by atoms with E-state index in [2.05, 4.69) is 10.3 Å². The number of nitrogens with zero attached hydrogens (tertiary/aromatic N) is 2. The first kappa shape index (κ1) is 24.6. The van der Waals surface area contributed by atoms with Crippen LogP contribution in [0.4, 0.5) is 19.0 Å². The average molecular weight is 439 g/mol. The summed E-state index contributed by atoms with van der Waals surface area (Å²) in [5, 5.41) is 11.4. The van der Waals surface area contributed by atoms with Crippen molar-refractivity contribution in [1.82, 2.24) is 9.88 Å². The number of hydrogen-bond donors (Lipinski definition) is 2. The lowest BCUT2D eigenvalue weighted by Gasteiger charge is -2.16. The van der Waals surface area contributed by atoms with E-state index in [0.29, 0.717) is 19.2 Å². The van der Waals surface area contributed by atoms with Crippen molar-refractivity contribution in [3.8, 4) is 0 Å². The first-order chi connectivity index (χ1) is 11.2. The Morgan fingerprint density at radius 1 is 1.38 bits per heavy atom. The number of hydrogen-bond acceptors (Lipinski definition) is 4. The van der Waals surface area contributed by atoms with Crippen molar-refractivity contribution in [2.24, 2.45) is 5.92 Å². The third-order valence-corrected chi connectivity index (χ3v) is 3.98. The highest BCUT2D eigenvalue weighted by molar-refractivity contribution is 6.32. The van der Waals surface area contributed by atoms with E-state index in [-0.39, 0.29) is 61.1 Å². The third kappa shape index (κ3) is 6.37. The summed E-state index contributed by atoms with van der Waals surface area (Å²) >= 11 is 5.75. The molecule has 2 heterocycles. The van der Waals surface area contributed by atoms with Crippen LogP contribution < -0.4 is 5.32 Å². The van der Waals surface area contributed by atoms with E-state index in [9.17, 15) is 22.8 Å². The predicted octanol–water partition coefficient (Wildman–Crippen LogP) is 3.33. The fraction of sp³-hybridized carbons (Fsp3) is 0.500. The molecule has 0 spiro atoms. The molecule has 1 aromatic heterocycles. The maximum absolute atomic E-state index is 12.5. The zero-order valence-corrected chi connectivity index (χ0v) is 15.6. The highest BCUT2D eigenvalue weighted by Gasteiger charge is 2.32. The summed E-state index contributed by atoms with van der Waals surface area (Å²) in [5.41, 5.74) is -0.953. The van der Waals surface area contributed by atoms with E-state index in [0.717, 1.165) is 6.07 Å². The molecule has 12 heteroatoms. The maximum atomic E-state index is 12.5. The largest absolute Gasteiger partial charge is 0.481 e. The van der Waals surface area contributed by atoms with Crippen LogP contribution in [0, 0.1) is 5.92 Å². The van der Waals surface area contributed by atoms with E-state index in [4.69, 9.17) is 16.7 Å². The van der Waals surface area contributed by atoms with Crippen molar-refractivity contribution < 1.29 is 27.9 Å². The molecule has 26 heavy (non-hydrogen) atoms. The monoisotopic (exact) mass is 437 g/mol. The molecular formula is C14H17Cl3F3N3O3. The van der Waals surface area contributed by atoms with Crippen LogP contribution in [0.3, 0.4) is 0 Å². The molecular weight excluding hydrogens is 422 g/mol. The molecule has 1 aliphatic heterocycles. The van der Waals surface area contributed by atoms with E-state index in [1.54, 1.807) is 0 Å². The molecule has 148 valence electrons. The number of rotatable bonds is 5. The van der Waals surface area contributed by atoms with Crippen LogP contribution in [-0.2, 0) is 15.8 Å². The Kier molecular flexibility index (Phi) is 9.47. The Hall–Kier alpha value is -1.45. The lowest BCUT2D eigenvalue weighted by atomic mass is 10.1. The SMILES string of the molecule is Cl.Cl.O=C(O)C1CCN(C(=O)CCNc2ncc(C(F)(F)F)cc2Cl)C1. The van der Waals surface area contributed by atoms with Gasteiger partial charge in [0, 0.05) is 32.3 Å². The number of carboxylic acid groups (broad SMARTS) is 1. The molecule has 1 fully saturated rings. The smallest absolute Gasteiger partial charge is 0.417 e. The quantitative estimate of drug-likeness (QED) is 0.737. The number of carbonyl (C=O) groups is 2. The fourth-order valence-electron chi connectivity index (χ4n) is 2.36. The normalized spacial score (nSPS) is 16.5. The van der Waals surface area contributed by atoms with E-state index in [1.807, 2.05) is 0 Å². The van der Waals surface area contributed by atoms with Crippen molar-refractivity contribution in [3.63, 3.8) is 0 Å². The molecule has 1 atom stereocenters. The van der Waals surface area contributed by atoms with Gasteiger partial charge in [0.15, 0.2) is 0 Å². The number of likely N-dealkylation sites (tertiary alicyclic amines) is 1. The molecule has 1 unspecified atom stereocenters. The van der Waals surface area contributed by atoms with Crippen molar-refractivity contribution in [2.75, 3.05) is 25.0 Å². The van der Waals surface area contributed by atoms with Crippen molar-refractivity contribution in [1.29, 1.82) is 0 Å². The number of halogens is 6. The average Bonchev–Trinajstić information content (AvgIpc) is 2.98. The maximum Gasteiger partial charge on any atom is 0.417 e. The number of carbonyl (C=O) groups excluding carboxylic acids is 1. The molecule has 0 radical (unpaired) electrons. The van der Waals surface area contributed by atoms with Crippen molar-refractivity contribution >= 4 is 54.1 Å². The summed E-state index contributed by atoms with van der Waals surface area (Å²) in [6, 6.07) is 0.761. The second kappa shape index (κ2) is 10.0. The van der Waals surface area contributed by atoms with Gasteiger partial charge < -0.3 is 15.3 Å². The molecule has 1 aliphatic rings. The summed E-state index contributed by atoms with van der Waals surface area (Å²) in [6.07, 6.45) is -3.39. The molecule has 1 amide bonds. The van der Waals surface area contributed by atoms with Gasteiger partial charge in [0.2, 0.25) is 5.91 Å². The van der Waals surface area contributed by atoms with Crippen LogP contribution in [0.15, 0.2) is 12.3 Å². The molecule has 0 saturated carbocycles. The van der Waals surface area contributed by atoms with E-state index >= 15 is 0 Å². The molecule has 6 nitrogen and oxygen atoms in total. The van der Waals surface area contributed by atoms with Crippen LogP contribution in [-0.4, -0.2) is 46.5 Å². The minimum absolute atomic E-state index is 0. The summed E-state index contributed by atoms with van der Waals surface area (Å²) in [6.45, 7) is 0.688. The summed E-state index contributed by atoms with van der Waals surface area (Å²) in [5.74, 6) is -1.64. The highest BCUT2D eigenvalue weighted by Crippen LogP contribution is 2.32. The number of pyridine rings is 1. The highest BCUT2D eigenvalue weighted by atomic mass is 35.5. The Morgan fingerprint density at radius 2 is 2.04 bits per heavy atom. The van der Waals surface area contributed by atoms with Gasteiger partial charge in [0.25, 0.3) is 0 Å². The molecule has 0 aliphatic carbocycles. The Balaban J connectivity index is 0.00000312. The van der Waals surface area contributed by atoms with Gasteiger partial charge in [-0.1, -0.05) is 11.6 Å². The zero-order chi connectivity index (χ0) is 17.9. The Morgan fingerprint density at radius 3 is 2.54 bits per heavy atom. The number of aliphatic carboxylic acids is 1. The number of amides is 1. The lowest BCUT2D eigenvalue weighted by molar-refractivity contribution is -0.141. The zero-order valence-electron chi connectivity index (χ0n) is 13.3. The number of aromatic nitrogens is 1. The van der Waals surface area contributed by atoms with Gasteiger partial charge in [0.1, 0.15) is 5.82 Å². The summed E-state index contributed by atoms with van der Waals surface area (Å²) in [7, 11) is 0. The topological polar surface area (TPSA) is 82.5 Å². The van der Waals surface area contributed by atoms with Gasteiger partial charge in [-0.25, -0.2) is 4.98 Å². The van der Waals surface area contributed by atoms with Gasteiger partial charge in [0.05, 0.1) is 16.5 Å². The van der Waals surface area contributed by atoms with Gasteiger partial charge in [-0.05, 0) is 12.5 Å². The summed E-state index contributed by atoms with van der Waals surface area (Å²) in [4.78, 5) is 27.9. The standard InChI is InChI=1S/C14H15ClF3N3O3.2ClH/c15-10-5-9(14(16,17)18)6-20-12(10)19-3-1-11(22)21-4-2-8(7-21)13(23)24;;/h5-6,8H,1-4,7H2,(H,19,20)(H,23,24);2*1H. The number of anilines is 1. The number of carboxylic acids is 1. The minimum Gasteiger partial charge on any atom is -0.481 e. The second-order valence-electron chi connectivity index (χ2n) is 5.39. The molecule has 2 rings (SSSR count). The van der Waals surface area contributed by atoms with Gasteiger partial charge in [-0.3, -0.25) is 9.59 Å². The Labute approximate surface area is 164 Å². The predicted molar refractivity (Wildman–Crippen MR) is 94.2 cm³/mol. The summed E-state index contributed by atoms with van der Waals surface area (Å²) < 4.78 is 37.5. The number of alkyl halides is 3. The first-order valence-electron chi connectivity index (χ1n) is 7.15.